The van der Waals surface area contributed by atoms with Crippen molar-refractivity contribution in [1.29, 1.82) is 0 Å². The lowest BCUT2D eigenvalue weighted by Crippen LogP contribution is -2.11. The van der Waals surface area contributed by atoms with E-state index in [9.17, 15) is 4.79 Å². The standard InChI is InChI=1S/C18H15NO3/c1-13-6-8-15(9-7-13)22-17-5-3-2-4-16(17)19-18(20)14-10-11-21-12-14/h2-12H,1H3,(H,19,20). The van der Waals surface area contributed by atoms with E-state index in [1.165, 1.54) is 12.5 Å². The predicted molar refractivity (Wildman–Crippen MR) is 84.4 cm³/mol. The van der Waals surface area contributed by atoms with Crippen molar-refractivity contribution in [2.75, 3.05) is 5.32 Å². The monoisotopic (exact) mass is 293 g/mol. The number of carbonyl (C=O) groups is 1. The van der Waals surface area contributed by atoms with E-state index in [0.717, 1.165) is 11.3 Å². The quantitative estimate of drug-likeness (QED) is 0.762. The minimum atomic E-state index is -0.242. The van der Waals surface area contributed by atoms with Gasteiger partial charge < -0.3 is 14.5 Å². The number of hydrogen-bond donors (Lipinski definition) is 1. The molecule has 1 N–H and O–H groups in total. The largest absolute Gasteiger partial charge is 0.472 e. The van der Waals surface area contributed by atoms with Gasteiger partial charge in [-0.2, -0.15) is 0 Å². The number of nitrogens with one attached hydrogen (secondary N) is 1. The number of anilines is 1. The Morgan fingerprint density at radius 3 is 2.55 bits per heavy atom. The fraction of sp³-hybridized carbons (Fsp3) is 0.0556. The molecule has 0 bridgehead atoms. The van der Waals surface area contributed by atoms with Gasteiger partial charge in [0.1, 0.15) is 12.0 Å². The fourth-order valence-electron chi connectivity index (χ4n) is 1.98. The molecule has 0 spiro atoms. The highest BCUT2D eigenvalue weighted by Gasteiger charge is 2.11. The third-order valence-electron chi connectivity index (χ3n) is 3.17. The van der Waals surface area contributed by atoms with Crippen molar-refractivity contribution in [1.82, 2.24) is 0 Å². The Kier molecular flexibility index (Phi) is 3.92. The molecule has 1 aromatic heterocycles. The van der Waals surface area contributed by atoms with Gasteiger partial charge in [0, 0.05) is 0 Å². The summed E-state index contributed by atoms with van der Waals surface area (Å²) in [5, 5.41) is 2.82. The van der Waals surface area contributed by atoms with Crippen LogP contribution in [0, 0.1) is 6.92 Å². The number of amides is 1. The third-order valence-corrected chi connectivity index (χ3v) is 3.17. The highest BCUT2D eigenvalue weighted by molar-refractivity contribution is 6.04. The maximum Gasteiger partial charge on any atom is 0.259 e. The van der Waals surface area contributed by atoms with Crippen LogP contribution < -0.4 is 10.1 Å². The smallest absolute Gasteiger partial charge is 0.259 e. The van der Waals surface area contributed by atoms with Gasteiger partial charge in [-0.05, 0) is 37.3 Å². The van der Waals surface area contributed by atoms with Gasteiger partial charge in [-0.15, -0.1) is 0 Å². The number of aryl methyl sites for hydroxylation is 1. The number of ether oxygens (including phenoxy) is 1. The second-order valence-corrected chi connectivity index (χ2v) is 4.88. The molecule has 110 valence electrons. The first-order valence-corrected chi connectivity index (χ1v) is 6.89. The van der Waals surface area contributed by atoms with Gasteiger partial charge in [0.15, 0.2) is 5.75 Å². The minimum Gasteiger partial charge on any atom is -0.472 e. The van der Waals surface area contributed by atoms with E-state index in [1.54, 1.807) is 12.1 Å². The molecular formula is C18H15NO3. The van der Waals surface area contributed by atoms with Crippen LogP contribution in [0.15, 0.2) is 71.5 Å². The summed E-state index contributed by atoms with van der Waals surface area (Å²) in [5.41, 5.74) is 2.23. The van der Waals surface area contributed by atoms with Crippen LogP contribution >= 0.6 is 0 Å². The summed E-state index contributed by atoms with van der Waals surface area (Å²) >= 11 is 0. The van der Waals surface area contributed by atoms with Crippen LogP contribution in [-0.4, -0.2) is 5.91 Å². The molecular weight excluding hydrogens is 278 g/mol. The zero-order valence-electron chi connectivity index (χ0n) is 12.1. The minimum absolute atomic E-state index is 0.242. The van der Waals surface area contributed by atoms with Crippen LogP contribution in [0.5, 0.6) is 11.5 Å². The van der Waals surface area contributed by atoms with E-state index in [-0.39, 0.29) is 5.91 Å². The Morgan fingerprint density at radius 1 is 1.05 bits per heavy atom. The van der Waals surface area contributed by atoms with Crippen LogP contribution in [0.4, 0.5) is 5.69 Å². The Bertz CT molecular complexity index is 761. The molecule has 0 aliphatic carbocycles. The SMILES string of the molecule is Cc1ccc(Oc2ccccc2NC(=O)c2ccoc2)cc1. The lowest BCUT2D eigenvalue weighted by atomic mass is 10.2. The van der Waals surface area contributed by atoms with E-state index < -0.39 is 0 Å². The van der Waals surface area contributed by atoms with Crippen molar-refractivity contribution in [2.45, 2.75) is 6.92 Å². The molecule has 0 saturated heterocycles. The summed E-state index contributed by atoms with van der Waals surface area (Å²) in [7, 11) is 0. The maximum absolute atomic E-state index is 12.1. The number of furan rings is 1. The second-order valence-electron chi connectivity index (χ2n) is 4.88. The molecule has 1 amide bonds. The molecule has 1 heterocycles. The third kappa shape index (κ3) is 3.17. The first-order valence-electron chi connectivity index (χ1n) is 6.89. The van der Waals surface area contributed by atoms with Gasteiger partial charge in [-0.1, -0.05) is 29.8 Å². The summed E-state index contributed by atoms with van der Waals surface area (Å²) in [6.07, 6.45) is 2.86. The molecule has 0 saturated carbocycles. The van der Waals surface area contributed by atoms with E-state index in [4.69, 9.17) is 9.15 Å². The molecule has 3 rings (SSSR count). The van der Waals surface area contributed by atoms with Gasteiger partial charge >= 0.3 is 0 Å². The summed E-state index contributed by atoms with van der Waals surface area (Å²) in [4.78, 5) is 12.1. The van der Waals surface area contributed by atoms with Crippen LogP contribution in [0.2, 0.25) is 0 Å². The van der Waals surface area contributed by atoms with E-state index in [2.05, 4.69) is 5.32 Å². The van der Waals surface area contributed by atoms with E-state index in [1.807, 2.05) is 49.4 Å². The predicted octanol–water partition coefficient (Wildman–Crippen LogP) is 4.63. The molecule has 3 aromatic rings. The average molecular weight is 293 g/mol. The normalized spacial score (nSPS) is 10.2. The first-order chi connectivity index (χ1) is 10.7. The number of carbonyl (C=O) groups excluding carboxylic acids is 1. The van der Waals surface area contributed by atoms with Crippen molar-refractivity contribution >= 4 is 11.6 Å². The number of benzene rings is 2. The molecule has 0 atom stereocenters. The van der Waals surface area contributed by atoms with Crippen molar-refractivity contribution in [3.63, 3.8) is 0 Å². The summed E-state index contributed by atoms with van der Waals surface area (Å²) < 4.78 is 10.8. The Morgan fingerprint density at radius 2 is 1.82 bits per heavy atom. The van der Waals surface area contributed by atoms with Gasteiger partial charge in [0.25, 0.3) is 5.91 Å². The first kappa shape index (κ1) is 13.9. The molecule has 2 aromatic carbocycles. The lowest BCUT2D eigenvalue weighted by molar-refractivity contribution is 0.102. The number of hydrogen-bond acceptors (Lipinski definition) is 3. The van der Waals surface area contributed by atoms with Crippen molar-refractivity contribution in [3.8, 4) is 11.5 Å². The van der Waals surface area contributed by atoms with Crippen LogP contribution in [0.1, 0.15) is 15.9 Å². The molecule has 22 heavy (non-hydrogen) atoms. The van der Waals surface area contributed by atoms with Gasteiger partial charge in [-0.25, -0.2) is 0 Å². The summed E-state index contributed by atoms with van der Waals surface area (Å²) in [5.74, 6) is 1.06. The molecule has 0 fully saturated rings. The zero-order valence-corrected chi connectivity index (χ0v) is 12.1. The lowest BCUT2D eigenvalue weighted by Gasteiger charge is -2.12. The summed E-state index contributed by atoms with van der Waals surface area (Å²) in [6.45, 7) is 2.02. The van der Waals surface area contributed by atoms with E-state index in [0.29, 0.717) is 17.0 Å². The zero-order chi connectivity index (χ0) is 15.4. The topological polar surface area (TPSA) is 51.5 Å². The molecule has 0 radical (unpaired) electrons. The maximum atomic E-state index is 12.1. The van der Waals surface area contributed by atoms with E-state index >= 15 is 0 Å². The second kappa shape index (κ2) is 6.18. The number of rotatable bonds is 4. The average Bonchev–Trinajstić information content (AvgIpc) is 3.06. The van der Waals surface area contributed by atoms with Crippen LogP contribution in [0.25, 0.3) is 0 Å². The van der Waals surface area contributed by atoms with Crippen molar-refractivity contribution < 1.29 is 13.9 Å². The molecule has 4 heteroatoms. The van der Waals surface area contributed by atoms with Gasteiger partial charge in [0.2, 0.25) is 0 Å². The molecule has 0 unspecified atom stereocenters. The summed E-state index contributed by atoms with van der Waals surface area (Å²) in [6, 6.07) is 16.6. The van der Waals surface area contributed by atoms with Gasteiger partial charge in [0.05, 0.1) is 17.5 Å². The number of para-hydroxylation sites is 2. The Balaban J connectivity index is 1.80. The molecule has 0 aliphatic rings. The van der Waals surface area contributed by atoms with Crippen LogP contribution in [-0.2, 0) is 0 Å². The van der Waals surface area contributed by atoms with Crippen LogP contribution in [0.3, 0.4) is 0 Å². The molecule has 0 aliphatic heterocycles. The van der Waals surface area contributed by atoms with Crippen molar-refractivity contribution in [3.05, 3.63) is 78.3 Å². The van der Waals surface area contributed by atoms with Crippen molar-refractivity contribution in [2.24, 2.45) is 0 Å². The highest BCUT2D eigenvalue weighted by atomic mass is 16.5. The Hall–Kier alpha value is -3.01. The van der Waals surface area contributed by atoms with Gasteiger partial charge in [-0.3, -0.25) is 4.79 Å². The highest BCUT2D eigenvalue weighted by Crippen LogP contribution is 2.29. The fourth-order valence-corrected chi connectivity index (χ4v) is 1.98. The molecule has 4 nitrogen and oxygen atoms in total. The Labute approximate surface area is 128 Å².